The molecule has 0 bridgehead atoms. The molecule has 29 heavy (non-hydrogen) atoms. The van der Waals surface area contributed by atoms with E-state index in [-0.39, 0.29) is 12.5 Å². The number of carbonyl (C=O) groups is 1. The third kappa shape index (κ3) is 4.03. The largest absolute Gasteiger partial charge is 0.496 e. The van der Waals surface area contributed by atoms with Gasteiger partial charge in [0.05, 0.1) is 44.0 Å². The molecular weight excluding hydrogens is 370 g/mol. The van der Waals surface area contributed by atoms with Gasteiger partial charge >= 0.3 is 0 Å². The summed E-state index contributed by atoms with van der Waals surface area (Å²) < 4.78 is 17.9. The number of nitrogens with zero attached hydrogens (tertiary/aromatic N) is 2. The first kappa shape index (κ1) is 20.3. The van der Waals surface area contributed by atoms with Crippen LogP contribution in [0.4, 0.5) is 0 Å². The number of aromatic nitrogens is 2. The average molecular weight is 395 g/mol. The first-order valence-electron chi connectivity index (χ1n) is 9.18. The number of benzene rings is 2. The summed E-state index contributed by atoms with van der Waals surface area (Å²) >= 11 is 0. The predicted octanol–water partition coefficient (Wildman–Crippen LogP) is 3.44. The highest BCUT2D eigenvalue weighted by atomic mass is 16.5. The molecule has 3 rings (SSSR count). The Morgan fingerprint density at radius 3 is 2.21 bits per heavy atom. The van der Waals surface area contributed by atoms with E-state index in [1.54, 1.807) is 38.1 Å². The zero-order chi connectivity index (χ0) is 21.0. The lowest BCUT2D eigenvalue weighted by molar-refractivity contribution is 0.0949. The van der Waals surface area contributed by atoms with Crippen LogP contribution in [0.3, 0.4) is 0 Å². The summed E-state index contributed by atoms with van der Waals surface area (Å²) in [5.74, 6) is 1.55. The highest BCUT2D eigenvalue weighted by molar-refractivity contribution is 5.96. The Morgan fingerprint density at radius 1 is 0.966 bits per heavy atom. The van der Waals surface area contributed by atoms with Gasteiger partial charge in [0, 0.05) is 18.2 Å². The van der Waals surface area contributed by atoms with E-state index in [0.29, 0.717) is 28.5 Å². The van der Waals surface area contributed by atoms with Gasteiger partial charge in [0.15, 0.2) is 11.5 Å². The van der Waals surface area contributed by atoms with E-state index < -0.39 is 0 Å². The van der Waals surface area contributed by atoms with Gasteiger partial charge in [-0.05, 0) is 32.0 Å². The maximum Gasteiger partial charge on any atom is 0.255 e. The smallest absolute Gasteiger partial charge is 0.255 e. The molecule has 7 nitrogen and oxygen atoms in total. The van der Waals surface area contributed by atoms with Crippen molar-refractivity contribution in [2.24, 2.45) is 0 Å². The summed E-state index contributed by atoms with van der Waals surface area (Å²) in [5, 5.41) is 7.49. The minimum absolute atomic E-state index is 0.195. The van der Waals surface area contributed by atoms with E-state index >= 15 is 0 Å². The molecule has 0 saturated heterocycles. The molecule has 0 saturated carbocycles. The molecule has 152 valence electrons. The van der Waals surface area contributed by atoms with Crippen LogP contribution in [0.1, 0.15) is 27.3 Å². The minimum Gasteiger partial charge on any atom is -0.496 e. The van der Waals surface area contributed by atoms with Crippen molar-refractivity contribution in [2.45, 2.75) is 20.4 Å². The van der Waals surface area contributed by atoms with Gasteiger partial charge in [-0.15, -0.1) is 0 Å². The van der Waals surface area contributed by atoms with Crippen molar-refractivity contribution >= 4 is 5.91 Å². The van der Waals surface area contributed by atoms with Crippen LogP contribution in [0.2, 0.25) is 0 Å². The monoisotopic (exact) mass is 395 g/mol. The lowest BCUT2D eigenvalue weighted by Gasteiger charge is -2.14. The maximum absolute atomic E-state index is 12.9. The van der Waals surface area contributed by atoms with Gasteiger partial charge in [0.2, 0.25) is 0 Å². The van der Waals surface area contributed by atoms with E-state index in [4.69, 9.17) is 14.2 Å². The first-order chi connectivity index (χ1) is 14.0. The first-order valence-corrected chi connectivity index (χ1v) is 9.18. The molecule has 0 unspecified atom stereocenters. The number of methoxy groups -OCH3 is 3. The Morgan fingerprint density at radius 2 is 1.59 bits per heavy atom. The van der Waals surface area contributed by atoms with Crippen molar-refractivity contribution in [1.82, 2.24) is 15.1 Å². The molecule has 1 amide bonds. The van der Waals surface area contributed by atoms with E-state index in [1.807, 2.05) is 44.2 Å². The quantitative estimate of drug-likeness (QED) is 0.663. The number of rotatable bonds is 7. The second-order valence-corrected chi connectivity index (χ2v) is 6.49. The van der Waals surface area contributed by atoms with Crippen LogP contribution in [-0.2, 0) is 6.54 Å². The molecule has 0 spiro atoms. The number of aryl methyl sites for hydroxylation is 1. The maximum atomic E-state index is 12.9. The average Bonchev–Trinajstić information content (AvgIpc) is 3.05. The van der Waals surface area contributed by atoms with E-state index in [1.165, 1.54) is 0 Å². The molecule has 7 heteroatoms. The summed E-state index contributed by atoms with van der Waals surface area (Å²) in [6, 6.07) is 13.3. The van der Waals surface area contributed by atoms with Gasteiger partial charge in [-0.1, -0.05) is 18.2 Å². The molecule has 0 fully saturated rings. The fourth-order valence-corrected chi connectivity index (χ4v) is 3.29. The molecule has 0 atom stereocenters. The van der Waals surface area contributed by atoms with Gasteiger partial charge < -0.3 is 19.5 Å². The summed E-state index contributed by atoms with van der Waals surface area (Å²) in [7, 11) is 4.71. The van der Waals surface area contributed by atoms with Crippen LogP contribution in [0, 0.1) is 13.8 Å². The zero-order valence-electron chi connectivity index (χ0n) is 17.3. The standard InChI is InChI=1S/C22H25N3O4/c1-14-21(15(2)25(24-14)17-9-7-6-8-10-17)22(26)23-13-16-11-19(28-4)20(29-5)12-18(16)27-3/h6-12H,13H2,1-5H3,(H,23,26). The van der Waals surface area contributed by atoms with Crippen LogP contribution < -0.4 is 19.5 Å². The van der Waals surface area contributed by atoms with Gasteiger partial charge in [-0.25, -0.2) is 4.68 Å². The Hall–Kier alpha value is -3.48. The molecule has 1 aromatic heterocycles. The molecular formula is C22H25N3O4. The van der Waals surface area contributed by atoms with Crippen LogP contribution in [-0.4, -0.2) is 37.0 Å². The number of para-hydroxylation sites is 1. The van der Waals surface area contributed by atoms with E-state index in [2.05, 4.69) is 10.4 Å². The van der Waals surface area contributed by atoms with Crippen molar-refractivity contribution < 1.29 is 19.0 Å². The lowest BCUT2D eigenvalue weighted by Crippen LogP contribution is -2.24. The van der Waals surface area contributed by atoms with Crippen molar-refractivity contribution in [3.63, 3.8) is 0 Å². The van der Waals surface area contributed by atoms with Crippen molar-refractivity contribution in [2.75, 3.05) is 21.3 Å². The highest BCUT2D eigenvalue weighted by Crippen LogP contribution is 2.34. The van der Waals surface area contributed by atoms with Crippen LogP contribution in [0.15, 0.2) is 42.5 Å². The third-order valence-corrected chi connectivity index (χ3v) is 4.75. The van der Waals surface area contributed by atoms with Crippen LogP contribution >= 0.6 is 0 Å². The number of ether oxygens (including phenoxy) is 3. The molecule has 3 aromatic rings. The van der Waals surface area contributed by atoms with Crippen LogP contribution in [0.25, 0.3) is 5.69 Å². The molecule has 0 radical (unpaired) electrons. The van der Waals surface area contributed by atoms with E-state index in [9.17, 15) is 4.79 Å². The van der Waals surface area contributed by atoms with Gasteiger partial charge in [-0.3, -0.25) is 4.79 Å². The summed E-state index contributed by atoms with van der Waals surface area (Å²) in [4.78, 5) is 12.9. The number of carbonyl (C=O) groups excluding carboxylic acids is 1. The van der Waals surface area contributed by atoms with Crippen molar-refractivity contribution in [3.05, 3.63) is 65.0 Å². The summed E-state index contributed by atoms with van der Waals surface area (Å²) in [6.45, 7) is 4.00. The van der Waals surface area contributed by atoms with Crippen LogP contribution in [0.5, 0.6) is 17.2 Å². The molecule has 0 aliphatic heterocycles. The molecule has 2 aromatic carbocycles. The zero-order valence-corrected chi connectivity index (χ0v) is 17.3. The summed E-state index contributed by atoms with van der Waals surface area (Å²) in [6.07, 6.45) is 0. The SMILES string of the molecule is COc1cc(OC)c(OC)cc1CNC(=O)c1c(C)nn(-c2ccccc2)c1C. The Bertz CT molecular complexity index is 1010. The van der Waals surface area contributed by atoms with Crippen molar-refractivity contribution in [1.29, 1.82) is 0 Å². The normalized spacial score (nSPS) is 10.5. The van der Waals surface area contributed by atoms with Gasteiger partial charge in [-0.2, -0.15) is 5.10 Å². The van der Waals surface area contributed by atoms with E-state index in [0.717, 1.165) is 16.9 Å². The molecule has 0 aliphatic carbocycles. The second-order valence-electron chi connectivity index (χ2n) is 6.49. The molecule has 1 heterocycles. The fourth-order valence-electron chi connectivity index (χ4n) is 3.29. The topological polar surface area (TPSA) is 74.6 Å². The predicted molar refractivity (Wildman–Crippen MR) is 110 cm³/mol. The Labute approximate surface area is 170 Å². The highest BCUT2D eigenvalue weighted by Gasteiger charge is 2.20. The number of nitrogens with one attached hydrogen (secondary N) is 1. The number of hydrogen-bond donors (Lipinski definition) is 1. The molecule has 1 N–H and O–H groups in total. The van der Waals surface area contributed by atoms with Gasteiger partial charge in [0.1, 0.15) is 5.75 Å². The van der Waals surface area contributed by atoms with Gasteiger partial charge in [0.25, 0.3) is 5.91 Å². The Balaban J connectivity index is 1.84. The fraction of sp³-hybridized carbons (Fsp3) is 0.273. The third-order valence-electron chi connectivity index (χ3n) is 4.75. The molecule has 0 aliphatic rings. The minimum atomic E-state index is -0.195. The summed E-state index contributed by atoms with van der Waals surface area (Å²) in [5.41, 5.74) is 3.71. The van der Waals surface area contributed by atoms with Crippen molar-refractivity contribution in [3.8, 4) is 22.9 Å². The number of hydrogen-bond acceptors (Lipinski definition) is 5. The lowest BCUT2D eigenvalue weighted by atomic mass is 10.1. The Kier molecular flexibility index (Phi) is 6.07. The number of amides is 1. The second kappa shape index (κ2) is 8.68.